The Labute approximate surface area is 153 Å². The number of thiophene rings is 1. The average Bonchev–Trinajstić information content (AvgIpc) is 3.15. The monoisotopic (exact) mass is 360 g/mol. The number of nitrogens with zero attached hydrogens (tertiary/aromatic N) is 1. The second-order valence-electron chi connectivity index (χ2n) is 6.46. The zero-order valence-corrected chi connectivity index (χ0v) is 15.6. The number of carbonyl (C=O) groups excluding carboxylic acids is 1. The highest BCUT2D eigenvalue weighted by Gasteiger charge is 2.22. The van der Waals surface area contributed by atoms with Crippen LogP contribution in [0.4, 0.5) is 11.4 Å². The Hall–Kier alpha value is -1.89. The predicted octanol–water partition coefficient (Wildman–Crippen LogP) is 1.63. The number of amides is 1. The van der Waals surface area contributed by atoms with Crippen molar-refractivity contribution in [3.8, 4) is 0 Å². The maximum Gasteiger partial charge on any atom is 0.282 e. The molecule has 1 aromatic carbocycles. The van der Waals surface area contributed by atoms with Gasteiger partial charge in [0.05, 0.1) is 25.1 Å². The van der Waals surface area contributed by atoms with Gasteiger partial charge >= 0.3 is 0 Å². The number of hydrogen-bond donors (Lipinski definition) is 2. The van der Waals surface area contributed by atoms with Crippen molar-refractivity contribution in [1.82, 2.24) is 0 Å². The molecule has 1 saturated heterocycles. The number of morpholine rings is 1. The van der Waals surface area contributed by atoms with Crippen molar-refractivity contribution in [2.24, 2.45) is 0 Å². The molecular weight excluding hydrogens is 334 g/mol. The molecule has 0 saturated carbocycles. The van der Waals surface area contributed by atoms with Crippen LogP contribution >= 0.6 is 11.3 Å². The number of rotatable bonds is 6. The van der Waals surface area contributed by atoms with Gasteiger partial charge in [0.25, 0.3) is 5.91 Å². The number of anilines is 2. The largest absolute Gasteiger partial charge is 0.378 e. The van der Waals surface area contributed by atoms with E-state index in [0.717, 1.165) is 38.5 Å². The average molecular weight is 361 g/mol. The van der Waals surface area contributed by atoms with Crippen LogP contribution in [-0.4, -0.2) is 45.3 Å². The van der Waals surface area contributed by atoms with Crippen LogP contribution in [0, 0.1) is 0 Å². The summed E-state index contributed by atoms with van der Waals surface area (Å²) in [6, 6.07) is 12.1. The molecule has 134 valence electrons. The van der Waals surface area contributed by atoms with Gasteiger partial charge in [-0.3, -0.25) is 4.79 Å². The fourth-order valence-electron chi connectivity index (χ4n) is 2.89. The summed E-state index contributed by atoms with van der Waals surface area (Å²) in [6.07, 6.45) is 0. The zero-order chi connectivity index (χ0) is 17.6. The minimum Gasteiger partial charge on any atom is -0.378 e. The molecule has 1 amide bonds. The van der Waals surface area contributed by atoms with Crippen LogP contribution in [0.5, 0.6) is 0 Å². The standard InChI is InChI=1S/C19H25N3O2S/c1-15(21(2)14-18-4-3-13-25-18)19(23)20-16-5-7-17(8-6-16)22-9-11-24-12-10-22/h3-8,13,15H,9-12,14H2,1-2H3,(H,20,23)/p+1/t15-/m0/s1. The summed E-state index contributed by atoms with van der Waals surface area (Å²) in [5, 5.41) is 5.11. The fourth-order valence-corrected chi connectivity index (χ4v) is 3.69. The molecule has 1 unspecified atom stereocenters. The topological polar surface area (TPSA) is 46.0 Å². The third-order valence-electron chi connectivity index (χ3n) is 4.68. The van der Waals surface area contributed by atoms with Crippen LogP contribution < -0.4 is 15.1 Å². The van der Waals surface area contributed by atoms with Gasteiger partial charge in [0.15, 0.2) is 6.04 Å². The van der Waals surface area contributed by atoms with Gasteiger partial charge in [-0.15, -0.1) is 11.3 Å². The first-order chi connectivity index (χ1) is 12.1. The Morgan fingerprint density at radius 2 is 2.00 bits per heavy atom. The van der Waals surface area contributed by atoms with E-state index in [4.69, 9.17) is 4.74 Å². The highest BCUT2D eigenvalue weighted by atomic mass is 32.1. The number of benzene rings is 1. The van der Waals surface area contributed by atoms with E-state index in [1.165, 1.54) is 15.5 Å². The van der Waals surface area contributed by atoms with Crippen molar-refractivity contribution in [2.45, 2.75) is 19.5 Å². The SMILES string of the molecule is C[C@@H](C(=O)Nc1ccc(N2CCOCC2)cc1)[NH+](C)Cc1cccs1. The smallest absolute Gasteiger partial charge is 0.282 e. The van der Waals surface area contributed by atoms with Crippen molar-refractivity contribution in [3.05, 3.63) is 46.7 Å². The summed E-state index contributed by atoms with van der Waals surface area (Å²) in [4.78, 5) is 17.3. The summed E-state index contributed by atoms with van der Waals surface area (Å²) in [5.41, 5.74) is 2.02. The van der Waals surface area contributed by atoms with Crippen molar-refractivity contribution in [1.29, 1.82) is 0 Å². The minimum atomic E-state index is -0.110. The lowest BCUT2D eigenvalue weighted by molar-refractivity contribution is -0.907. The summed E-state index contributed by atoms with van der Waals surface area (Å²) < 4.78 is 5.38. The van der Waals surface area contributed by atoms with Gasteiger partial charge in [-0.2, -0.15) is 0 Å². The Morgan fingerprint density at radius 3 is 2.64 bits per heavy atom. The Morgan fingerprint density at radius 1 is 1.28 bits per heavy atom. The van der Waals surface area contributed by atoms with Gasteiger partial charge in [-0.1, -0.05) is 6.07 Å². The highest BCUT2D eigenvalue weighted by Crippen LogP contribution is 2.19. The lowest BCUT2D eigenvalue weighted by atomic mass is 10.2. The zero-order valence-electron chi connectivity index (χ0n) is 14.8. The molecule has 6 heteroatoms. The van der Waals surface area contributed by atoms with Crippen LogP contribution in [0.25, 0.3) is 0 Å². The highest BCUT2D eigenvalue weighted by molar-refractivity contribution is 7.09. The van der Waals surface area contributed by atoms with E-state index in [9.17, 15) is 4.79 Å². The molecule has 1 aliphatic rings. The van der Waals surface area contributed by atoms with E-state index >= 15 is 0 Å². The number of hydrogen-bond acceptors (Lipinski definition) is 4. The molecule has 0 aliphatic carbocycles. The Kier molecular flexibility index (Phi) is 6.07. The molecule has 0 bridgehead atoms. The van der Waals surface area contributed by atoms with Crippen LogP contribution in [0.2, 0.25) is 0 Å². The lowest BCUT2D eigenvalue weighted by Crippen LogP contribution is -3.12. The summed E-state index contributed by atoms with van der Waals surface area (Å²) in [6.45, 7) is 6.21. The van der Waals surface area contributed by atoms with Crippen LogP contribution in [0.3, 0.4) is 0 Å². The van der Waals surface area contributed by atoms with Crippen molar-refractivity contribution in [2.75, 3.05) is 43.6 Å². The summed E-state index contributed by atoms with van der Waals surface area (Å²) in [7, 11) is 2.06. The van der Waals surface area contributed by atoms with Gasteiger partial charge in [0.2, 0.25) is 0 Å². The molecule has 2 aromatic rings. The van der Waals surface area contributed by atoms with E-state index in [-0.39, 0.29) is 11.9 Å². The summed E-state index contributed by atoms with van der Waals surface area (Å²) >= 11 is 1.73. The molecule has 2 heterocycles. The second-order valence-corrected chi connectivity index (χ2v) is 7.49. The van der Waals surface area contributed by atoms with Crippen molar-refractivity contribution < 1.29 is 14.4 Å². The molecule has 0 radical (unpaired) electrons. The molecule has 2 N–H and O–H groups in total. The van der Waals surface area contributed by atoms with Crippen molar-refractivity contribution in [3.63, 3.8) is 0 Å². The first-order valence-electron chi connectivity index (χ1n) is 8.72. The second kappa shape index (κ2) is 8.47. The quantitative estimate of drug-likeness (QED) is 0.823. The number of likely N-dealkylation sites (N-methyl/N-ethyl adjacent to an activating group) is 1. The number of nitrogens with one attached hydrogen (secondary N) is 2. The first-order valence-corrected chi connectivity index (χ1v) is 9.60. The third kappa shape index (κ3) is 4.81. The molecule has 25 heavy (non-hydrogen) atoms. The van der Waals surface area contributed by atoms with E-state index in [1.807, 2.05) is 25.1 Å². The van der Waals surface area contributed by atoms with E-state index in [2.05, 4.69) is 40.8 Å². The molecule has 2 atom stereocenters. The van der Waals surface area contributed by atoms with Gasteiger partial charge in [0.1, 0.15) is 6.54 Å². The van der Waals surface area contributed by atoms with Crippen LogP contribution in [0.15, 0.2) is 41.8 Å². The van der Waals surface area contributed by atoms with Crippen LogP contribution in [-0.2, 0) is 16.1 Å². The fraction of sp³-hybridized carbons (Fsp3) is 0.421. The molecule has 1 fully saturated rings. The first kappa shape index (κ1) is 17.9. The van der Waals surface area contributed by atoms with Gasteiger partial charge in [0, 0.05) is 24.5 Å². The normalized spacial score (nSPS) is 17.1. The third-order valence-corrected chi connectivity index (χ3v) is 5.55. The van der Waals surface area contributed by atoms with E-state index in [0.29, 0.717) is 0 Å². The summed E-state index contributed by atoms with van der Waals surface area (Å²) in [5.74, 6) is 0.0492. The molecule has 1 aromatic heterocycles. The molecular formula is C19H26N3O2S+. The van der Waals surface area contributed by atoms with Crippen LogP contribution in [0.1, 0.15) is 11.8 Å². The van der Waals surface area contributed by atoms with E-state index in [1.54, 1.807) is 11.3 Å². The van der Waals surface area contributed by atoms with Gasteiger partial charge in [-0.05, 0) is 42.6 Å². The maximum absolute atomic E-state index is 12.5. The Balaban J connectivity index is 1.54. The Bertz CT molecular complexity index is 666. The number of ether oxygens (including phenoxy) is 1. The maximum atomic E-state index is 12.5. The van der Waals surface area contributed by atoms with E-state index < -0.39 is 0 Å². The minimum absolute atomic E-state index is 0.0492. The lowest BCUT2D eigenvalue weighted by Gasteiger charge is -2.29. The number of carbonyl (C=O) groups is 1. The number of quaternary nitrogens is 1. The van der Waals surface area contributed by atoms with Gasteiger partial charge < -0.3 is 19.9 Å². The molecule has 0 spiro atoms. The molecule has 1 aliphatic heterocycles. The molecule has 3 rings (SSSR count). The van der Waals surface area contributed by atoms with Crippen molar-refractivity contribution >= 4 is 28.6 Å². The molecule has 5 nitrogen and oxygen atoms in total. The van der Waals surface area contributed by atoms with Gasteiger partial charge in [-0.25, -0.2) is 0 Å². The predicted molar refractivity (Wildman–Crippen MR) is 102 cm³/mol.